The molecule has 0 aliphatic carbocycles. The molecule has 1 aliphatic rings. The van der Waals surface area contributed by atoms with Gasteiger partial charge in [-0.3, -0.25) is 5.01 Å². The van der Waals surface area contributed by atoms with Gasteiger partial charge in [-0.2, -0.15) is 27.1 Å². The molecule has 19 heavy (non-hydrogen) atoms. The molecule has 110 valence electrons. The van der Waals surface area contributed by atoms with Gasteiger partial charge in [-0.1, -0.05) is 18.4 Å². The lowest BCUT2D eigenvalue weighted by Gasteiger charge is -2.32. The highest BCUT2D eigenvalue weighted by atomic mass is 19.4. The maximum Gasteiger partial charge on any atom is 0.457 e. The summed E-state index contributed by atoms with van der Waals surface area (Å²) in [5.74, 6) is -5.27. The van der Waals surface area contributed by atoms with Crippen LogP contribution < -0.4 is 0 Å². The topological polar surface area (TPSA) is 62.0 Å². The van der Waals surface area contributed by atoms with Gasteiger partial charge in [0.05, 0.1) is 0 Å². The number of hydrazone groups is 1. The molecule has 1 heterocycles. The number of nitro groups is 1. The van der Waals surface area contributed by atoms with Crippen molar-refractivity contribution in [3.05, 3.63) is 10.1 Å². The number of nitrogens with zero attached hydrogens (tertiary/aromatic N) is 4. The molecular formula is C8H11F5N4O2. The Bertz CT molecular complexity index is 373. The molecule has 1 atom stereocenters. The average Bonchev–Trinajstić information content (AvgIpc) is 2.68. The number of hydrogen-bond acceptors (Lipinski definition) is 4. The number of halogens is 5. The molecule has 0 aromatic heterocycles. The number of alkyl halides is 5. The summed E-state index contributed by atoms with van der Waals surface area (Å²) in [5, 5.41) is 12.5. The summed E-state index contributed by atoms with van der Waals surface area (Å²) in [7, 11) is 0. The highest BCUT2D eigenvalue weighted by molar-refractivity contribution is 5.55. The second-order valence-electron chi connectivity index (χ2n) is 3.86. The summed E-state index contributed by atoms with van der Waals surface area (Å²) >= 11 is 0. The van der Waals surface area contributed by atoms with Gasteiger partial charge in [-0.15, -0.1) is 0 Å². The third-order valence-electron chi connectivity index (χ3n) is 2.48. The van der Waals surface area contributed by atoms with E-state index in [1.54, 1.807) is 6.92 Å². The smallest absolute Gasteiger partial charge is 0.261 e. The van der Waals surface area contributed by atoms with Gasteiger partial charge >= 0.3 is 12.1 Å². The maximum absolute atomic E-state index is 13.3. The average molecular weight is 290 g/mol. The first-order chi connectivity index (χ1) is 8.63. The molecule has 0 saturated heterocycles. The highest BCUT2D eigenvalue weighted by Crippen LogP contribution is 2.42. The Labute approximate surface area is 104 Å². The van der Waals surface area contributed by atoms with E-state index in [0.717, 1.165) is 0 Å². The molecule has 0 aromatic carbocycles. The van der Waals surface area contributed by atoms with Gasteiger partial charge in [-0.05, 0) is 6.42 Å². The first kappa shape index (κ1) is 15.4. The van der Waals surface area contributed by atoms with E-state index >= 15 is 0 Å². The summed E-state index contributed by atoms with van der Waals surface area (Å²) in [6.45, 7) is 1.47. The Morgan fingerprint density at radius 3 is 2.37 bits per heavy atom. The number of unbranched alkanes of at least 4 members (excludes halogenated alkanes) is 1. The lowest BCUT2D eigenvalue weighted by Crippen LogP contribution is -2.60. The van der Waals surface area contributed by atoms with Crippen LogP contribution in [0.5, 0.6) is 0 Å². The van der Waals surface area contributed by atoms with Crippen LogP contribution in [0.15, 0.2) is 5.10 Å². The number of hydrazine groups is 1. The summed E-state index contributed by atoms with van der Waals surface area (Å²) in [6, 6.07) is 0. The van der Waals surface area contributed by atoms with E-state index in [4.69, 9.17) is 0 Å². The normalized spacial score (nSPS) is 20.2. The lowest BCUT2D eigenvalue weighted by molar-refractivity contribution is -0.646. The molecule has 1 aliphatic heterocycles. The SMILES string of the molecule is CCCCN1N=CN([N+](=O)[O-])C1C(F)(F)C(F)(F)F. The van der Waals surface area contributed by atoms with Crippen LogP contribution in [0.2, 0.25) is 0 Å². The van der Waals surface area contributed by atoms with Crippen molar-refractivity contribution in [2.24, 2.45) is 5.10 Å². The quantitative estimate of drug-likeness (QED) is 0.442. The van der Waals surface area contributed by atoms with Crippen LogP contribution in [-0.2, 0) is 0 Å². The molecule has 0 aromatic rings. The molecule has 1 unspecified atom stereocenters. The first-order valence-corrected chi connectivity index (χ1v) is 5.30. The van der Waals surface area contributed by atoms with E-state index in [1.807, 2.05) is 0 Å². The molecule has 0 amide bonds. The Balaban J connectivity index is 3.04. The fourth-order valence-corrected chi connectivity index (χ4v) is 1.51. The van der Waals surface area contributed by atoms with E-state index in [-0.39, 0.29) is 18.0 Å². The molecular weight excluding hydrogens is 279 g/mol. The van der Waals surface area contributed by atoms with Gasteiger partial charge in [0.2, 0.25) is 0 Å². The Kier molecular flexibility index (Phi) is 4.15. The summed E-state index contributed by atoms with van der Waals surface area (Å²) in [5.41, 5.74) is 0. The van der Waals surface area contributed by atoms with Crippen molar-refractivity contribution in [3.63, 3.8) is 0 Å². The Hall–Kier alpha value is -1.68. The van der Waals surface area contributed by atoms with Crippen molar-refractivity contribution >= 4 is 6.34 Å². The third kappa shape index (κ3) is 2.84. The minimum Gasteiger partial charge on any atom is -0.261 e. The zero-order valence-corrected chi connectivity index (χ0v) is 9.77. The van der Waals surface area contributed by atoms with E-state index < -0.39 is 23.3 Å². The predicted octanol–water partition coefficient (Wildman–Crippen LogP) is 2.06. The predicted molar refractivity (Wildman–Crippen MR) is 53.7 cm³/mol. The largest absolute Gasteiger partial charge is 0.457 e. The second kappa shape index (κ2) is 5.13. The molecule has 0 radical (unpaired) electrons. The van der Waals surface area contributed by atoms with Gasteiger partial charge < -0.3 is 0 Å². The van der Waals surface area contributed by atoms with Crippen LogP contribution in [0.4, 0.5) is 22.0 Å². The van der Waals surface area contributed by atoms with E-state index in [1.165, 1.54) is 0 Å². The van der Waals surface area contributed by atoms with Gasteiger partial charge in [0.1, 0.15) is 0 Å². The Morgan fingerprint density at radius 2 is 1.95 bits per heavy atom. The van der Waals surface area contributed by atoms with Crippen LogP contribution >= 0.6 is 0 Å². The minimum absolute atomic E-state index is 0.228. The van der Waals surface area contributed by atoms with Crippen LogP contribution in [0.1, 0.15) is 19.8 Å². The molecule has 0 fully saturated rings. The molecule has 0 saturated carbocycles. The second-order valence-corrected chi connectivity index (χ2v) is 3.86. The summed E-state index contributed by atoms with van der Waals surface area (Å²) in [4.78, 5) is 10.5. The highest BCUT2D eigenvalue weighted by Gasteiger charge is 2.69. The van der Waals surface area contributed by atoms with Crippen molar-refractivity contribution in [2.75, 3.05) is 6.54 Å². The van der Waals surface area contributed by atoms with Gasteiger partial charge in [0.15, 0.2) is 11.4 Å². The van der Waals surface area contributed by atoms with Crippen LogP contribution in [0, 0.1) is 10.1 Å². The lowest BCUT2D eigenvalue weighted by atomic mass is 10.2. The minimum atomic E-state index is -5.90. The fraction of sp³-hybridized carbons (Fsp3) is 0.875. The van der Waals surface area contributed by atoms with Crippen molar-refractivity contribution < 1.29 is 27.0 Å². The maximum atomic E-state index is 13.3. The molecule has 0 N–H and O–H groups in total. The van der Waals surface area contributed by atoms with Gasteiger partial charge in [0, 0.05) is 6.54 Å². The molecule has 6 nitrogen and oxygen atoms in total. The van der Waals surface area contributed by atoms with Crippen LogP contribution in [0.3, 0.4) is 0 Å². The molecule has 0 spiro atoms. The van der Waals surface area contributed by atoms with Gasteiger partial charge in [0.25, 0.3) is 6.17 Å². The Morgan fingerprint density at radius 1 is 1.37 bits per heavy atom. The van der Waals surface area contributed by atoms with E-state index in [9.17, 15) is 32.1 Å². The number of hydrogen-bond donors (Lipinski definition) is 0. The monoisotopic (exact) mass is 290 g/mol. The standard InChI is InChI=1S/C8H11F5N4O2/c1-2-3-4-15-6(7(9,10)8(11,12)13)16(5-14-15)17(18)19/h5-6H,2-4H2,1H3. The fourth-order valence-electron chi connectivity index (χ4n) is 1.51. The number of rotatable bonds is 5. The van der Waals surface area contributed by atoms with Crippen molar-refractivity contribution in [1.82, 2.24) is 10.0 Å². The summed E-state index contributed by atoms with van der Waals surface area (Å²) < 4.78 is 63.7. The zero-order chi connectivity index (χ0) is 14.8. The third-order valence-corrected chi connectivity index (χ3v) is 2.48. The van der Waals surface area contributed by atoms with Crippen molar-refractivity contribution in [2.45, 2.75) is 38.0 Å². The summed E-state index contributed by atoms with van der Waals surface area (Å²) in [6.07, 6.45) is -7.53. The van der Waals surface area contributed by atoms with Crippen molar-refractivity contribution in [3.8, 4) is 0 Å². The molecule has 11 heteroatoms. The molecule has 0 bridgehead atoms. The van der Waals surface area contributed by atoms with Crippen LogP contribution in [-0.4, -0.2) is 46.2 Å². The first-order valence-electron chi connectivity index (χ1n) is 5.30. The van der Waals surface area contributed by atoms with Gasteiger partial charge in [-0.25, -0.2) is 10.1 Å². The van der Waals surface area contributed by atoms with Crippen molar-refractivity contribution in [1.29, 1.82) is 0 Å². The zero-order valence-electron chi connectivity index (χ0n) is 9.77. The van der Waals surface area contributed by atoms with Crippen LogP contribution in [0.25, 0.3) is 0 Å². The van der Waals surface area contributed by atoms with E-state index in [2.05, 4.69) is 5.10 Å². The molecule has 1 rings (SSSR count). The van der Waals surface area contributed by atoms with E-state index in [0.29, 0.717) is 17.8 Å².